The van der Waals surface area contributed by atoms with Gasteiger partial charge in [-0.05, 0) is 39.5 Å². The largest absolute Gasteiger partial charge is 0.435 e. The monoisotopic (exact) mass is 310 g/mol. The number of rotatable bonds is 4. The second-order valence-corrected chi connectivity index (χ2v) is 7.28. The fourth-order valence-corrected chi connectivity index (χ4v) is 2.82. The average molecular weight is 310 g/mol. The molecule has 0 aromatic heterocycles. The van der Waals surface area contributed by atoms with Crippen molar-refractivity contribution in [3.05, 3.63) is 0 Å². The number of alkyl halides is 3. The van der Waals surface area contributed by atoms with Crippen LogP contribution >= 0.6 is 0 Å². The Morgan fingerprint density at radius 1 is 1.38 bits per heavy atom. The summed E-state index contributed by atoms with van der Waals surface area (Å²) in [6, 6.07) is 0. The summed E-state index contributed by atoms with van der Waals surface area (Å²) >= 11 is 0. The van der Waals surface area contributed by atoms with E-state index in [0.29, 0.717) is 6.42 Å². The minimum atomic E-state index is -4.48. The molecular weight excluding hydrogens is 285 g/mol. The van der Waals surface area contributed by atoms with Gasteiger partial charge in [0, 0.05) is 5.92 Å². The first-order valence-corrected chi connectivity index (χ1v) is 7.24. The highest BCUT2D eigenvalue weighted by Crippen LogP contribution is 2.46. The lowest BCUT2D eigenvalue weighted by atomic mass is 9.84. The van der Waals surface area contributed by atoms with Crippen LogP contribution in [-0.2, 0) is 14.3 Å². The molecule has 0 aromatic rings. The van der Waals surface area contributed by atoms with Crippen LogP contribution in [0.1, 0.15) is 54.4 Å². The summed E-state index contributed by atoms with van der Waals surface area (Å²) in [4.78, 5) is 12.2. The fourth-order valence-electron chi connectivity index (χ4n) is 2.82. The third-order valence-corrected chi connectivity index (χ3v) is 3.85. The zero-order chi connectivity index (χ0) is 16.6. The standard InChI is InChI=1S/C15H25F3O3/c1-9(2)7-13(4,5)12(19)20-11-10(3)8-14(6,21-11)15(16,17)18/h9-11H,7-8H2,1-6H3. The van der Waals surface area contributed by atoms with Crippen LogP contribution in [-0.4, -0.2) is 24.0 Å². The molecule has 0 saturated carbocycles. The maximum absolute atomic E-state index is 13.0. The van der Waals surface area contributed by atoms with Crippen LogP contribution < -0.4 is 0 Å². The van der Waals surface area contributed by atoms with Gasteiger partial charge in [-0.3, -0.25) is 4.79 Å². The maximum Gasteiger partial charge on any atom is 0.417 e. The molecule has 3 nitrogen and oxygen atoms in total. The van der Waals surface area contributed by atoms with Gasteiger partial charge in [-0.15, -0.1) is 0 Å². The van der Waals surface area contributed by atoms with E-state index in [9.17, 15) is 18.0 Å². The highest BCUT2D eigenvalue weighted by atomic mass is 19.4. The maximum atomic E-state index is 13.0. The molecule has 0 aliphatic carbocycles. The van der Waals surface area contributed by atoms with Crippen molar-refractivity contribution in [3.8, 4) is 0 Å². The van der Waals surface area contributed by atoms with Gasteiger partial charge in [0.05, 0.1) is 5.41 Å². The van der Waals surface area contributed by atoms with Gasteiger partial charge in [0.25, 0.3) is 0 Å². The molecule has 3 unspecified atom stereocenters. The summed E-state index contributed by atoms with van der Waals surface area (Å²) in [5.74, 6) is -0.718. The van der Waals surface area contributed by atoms with Crippen molar-refractivity contribution < 1.29 is 27.4 Å². The number of carbonyl (C=O) groups is 1. The number of carbonyl (C=O) groups excluding carboxylic acids is 1. The van der Waals surface area contributed by atoms with Crippen molar-refractivity contribution in [1.82, 2.24) is 0 Å². The van der Waals surface area contributed by atoms with Crippen LogP contribution in [0, 0.1) is 17.3 Å². The Labute approximate surface area is 124 Å². The third-order valence-electron chi connectivity index (χ3n) is 3.85. The van der Waals surface area contributed by atoms with Crippen LogP contribution in [0.4, 0.5) is 13.2 Å². The molecule has 1 saturated heterocycles. The molecule has 0 bridgehead atoms. The number of hydrogen-bond donors (Lipinski definition) is 0. The van der Waals surface area contributed by atoms with Gasteiger partial charge < -0.3 is 9.47 Å². The highest BCUT2D eigenvalue weighted by molar-refractivity contribution is 5.76. The first-order valence-electron chi connectivity index (χ1n) is 7.24. The van der Waals surface area contributed by atoms with E-state index >= 15 is 0 Å². The normalized spacial score (nSPS) is 30.8. The molecule has 0 radical (unpaired) electrons. The van der Waals surface area contributed by atoms with E-state index in [1.807, 2.05) is 13.8 Å². The predicted molar refractivity (Wildman–Crippen MR) is 72.4 cm³/mol. The molecule has 124 valence electrons. The van der Waals surface area contributed by atoms with E-state index in [1.165, 1.54) is 0 Å². The zero-order valence-corrected chi connectivity index (χ0v) is 13.5. The van der Waals surface area contributed by atoms with Crippen molar-refractivity contribution in [2.45, 2.75) is 72.5 Å². The van der Waals surface area contributed by atoms with Crippen LogP contribution in [0.15, 0.2) is 0 Å². The average Bonchev–Trinajstić information content (AvgIpc) is 2.52. The Morgan fingerprint density at radius 3 is 2.29 bits per heavy atom. The number of halogens is 3. The van der Waals surface area contributed by atoms with Gasteiger partial charge in [0.15, 0.2) is 5.60 Å². The van der Waals surface area contributed by atoms with E-state index in [-0.39, 0.29) is 12.3 Å². The molecule has 6 heteroatoms. The van der Waals surface area contributed by atoms with Gasteiger partial charge in [0.1, 0.15) is 0 Å². The fraction of sp³-hybridized carbons (Fsp3) is 0.933. The minimum Gasteiger partial charge on any atom is -0.435 e. The van der Waals surface area contributed by atoms with E-state index < -0.39 is 35.4 Å². The molecule has 1 aliphatic rings. The first kappa shape index (κ1) is 18.3. The van der Waals surface area contributed by atoms with E-state index in [4.69, 9.17) is 9.47 Å². The lowest BCUT2D eigenvalue weighted by Gasteiger charge is -2.29. The topological polar surface area (TPSA) is 35.5 Å². The summed E-state index contributed by atoms with van der Waals surface area (Å²) in [6.45, 7) is 10.0. The Balaban J connectivity index is 2.74. The lowest BCUT2D eigenvalue weighted by molar-refractivity contribution is -0.288. The smallest absolute Gasteiger partial charge is 0.417 e. The SMILES string of the molecule is CC(C)CC(C)(C)C(=O)OC1OC(C)(C(F)(F)F)CC1C. The van der Waals surface area contributed by atoms with Crippen molar-refractivity contribution >= 4 is 5.97 Å². The first-order chi connectivity index (χ1) is 9.28. The molecule has 0 spiro atoms. The molecule has 0 aromatic carbocycles. The number of esters is 1. The van der Waals surface area contributed by atoms with Gasteiger partial charge in [-0.1, -0.05) is 20.8 Å². The van der Waals surface area contributed by atoms with E-state index in [2.05, 4.69) is 0 Å². The van der Waals surface area contributed by atoms with Crippen molar-refractivity contribution in [2.24, 2.45) is 17.3 Å². The molecule has 1 rings (SSSR count). The summed E-state index contributed by atoms with van der Waals surface area (Å²) in [6.07, 6.45) is -5.23. The molecule has 0 amide bonds. The summed E-state index contributed by atoms with van der Waals surface area (Å²) in [5, 5.41) is 0. The highest BCUT2D eigenvalue weighted by Gasteiger charge is 2.59. The Hall–Kier alpha value is -0.780. The summed E-state index contributed by atoms with van der Waals surface area (Å²) in [7, 11) is 0. The van der Waals surface area contributed by atoms with Crippen LogP contribution in [0.5, 0.6) is 0 Å². The number of ether oxygens (including phenoxy) is 2. The quantitative estimate of drug-likeness (QED) is 0.726. The Kier molecular flexibility index (Phi) is 5.03. The minimum absolute atomic E-state index is 0.209. The molecule has 1 fully saturated rings. The third kappa shape index (κ3) is 4.11. The van der Waals surface area contributed by atoms with Crippen molar-refractivity contribution in [3.63, 3.8) is 0 Å². The van der Waals surface area contributed by atoms with Crippen LogP contribution in [0.2, 0.25) is 0 Å². The number of hydrogen-bond acceptors (Lipinski definition) is 3. The lowest BCUT2D eigenvalue weighted by Crippen LogP contribution is -2.43. The van der Waals surface area contributed by atoms with E-state index in [0.717, 1.165) is 6.92 Å². The predicted octanol–water partition coefficient (Wildman–Crippen LogP) is 4.31. The zero-order valence-electron chi connectivity index (χ0n) is 13.5. The van der Waals surface area contributed by atoms with Gasteiger partial charge in [0.2, 0.25) is 6.29 Å². The molecule has 0 N–H and O–H groups in total. The van der Waals surface area contributed by atoms with Crippen molar-refractivity contribution in [1.29, 1.82) is 0 Å². The second-order valence-electron chi connectivity index (χ2n) is 7.28. The summed E-state index contributed by atoms with van der Waals surface area (Å²) in [5.41, 5.74) is -2.99. The van der Waals surface area contributed by atoms with Crippen LogP contribution in [0.25, 0.3) is 0 Å². The molecule has 1 heterocycles. The Bertz CT molecular complexity index is 390. The van der Waals surface area contributed by atoms with Gasteiger partial charge in [-0.25, -0.2) is 0 Å². The van der Waals surface area contributed by atoms with Gasteiger partial charge >= 0.3 is 12.1 Å². The van der Waals surface area contributed by atoms with Crippen LogP contribution in [0.3, 0.4) is 0 Å². The summed E-state index contributed by atoms with van der Waals surface area (Å²) < 4.78 is 49.2. The van der Waals surface area contributed by atoms with E-state index in [1.54, 1.807) is 20.8 Å². The Morgan fingerprint density at radius 2 is 1.90 bits per heavy atom. The molecule has 21 heavy (non-hydrogen) atoms. The molecular formula is C15H25F3O3. The molecule has 1 aliphatic heterocycles. The van der Waals surface area contributed by atoms with Crippen molar-refractivity contribution in [2.75, 3.05) is 0 Å². The second kappa shape index (κ2) is 5.78. The molecule has 3 atom stereocenters. The van der Waals surface area contributed by atoms with Gasteiger partial charge in [-0.2, -0.15) is 13.2 Å².